The first kappa shape index (κ1) is 19.1. The second kappa shape index (κ2) is 8.43. The summed E-state index contributed by atoms with van der Waals surface area (Å²) in [5.74, 6) is 0.0773. The van der Waals surface area contributed by atoms with Crippen LogP contribution in [0.15, 0.2) is 66.4 Å². The van der Waals surface area contributed by atoms with Gasteiger partial charge in [-0.3, -0.25) is 4.79 Å². The molecule has 2 aromatic carbocycles. The monoisotopic (exact) mass is 388 g/mol. The summed E-state index contributed by atoms with van der Waals surface area (Å²) >= 11 is 0. The number of aromatic amines is 1. The number of nitrogen functional groups attached to an aromatic ring is 1. The fraction of sp³-hybridized carbons (Fsp3) is 0.292. The smallest absolute Gasteiger partial charge is 0.270 e. The van der Waals surface area contributed by atoms with E-state index in [0.717, 1.165) is 42.4 Å². The van der Waals surface area contributed by atoms with E-state index in [4.69, 9.17) is 5.73 Å². The summed E-state index contributed by atoms with van der Waals surface area (Å²) in [5, 5.41) is 4.61. The molecule has 0 saturated carbocycles. The number of allylic oxidation sites excluding steroid dienone is 1. The van der Waals surface area contributed by atoms with Crippen LogP contribution in [0.1, 0.15) is 42.2 Å². The molecule has 1 heterocycles. The van der Waals surface area contributed by atoms with Crippen LogP contribution in [0.5, 0.6) is 0 Å². The van der Waals surface area contributed by atoms with Gasteiger partial charge in [-0.05, 0) is 49.6 Å². The van der Waals surface area contributed by atoms with Crippen LogP contribution >= 0.6 is 0 Å². The molecule has 0 bridgehead atoms. The fourth-order valence-corrected chi connectivity index (χ4v) is 4.06. The number of anilines is 1. The quantitative estimate of drug-likeness (QED) is 0.547. The Hall–Kier alpha value is -3.21. The third-order valence-corrected chi connectivity index (χ3v) is 5.65. The molecule has 1 aliphatic rings. The molecule has 5 heteroatoms. The van der Waals surface area contributed by atoms with Gasteiger partial charge in [-0.1, -0.05) is 36.4 Å². The lowest BCUT2D eigenvalue weighted by Gasteiger charge is -2.34. The van der Waals surface area contributed by atoms with E-state index >= 15 is 0 Å². The maximum absolute atomic E-state index is 13.2. The minimum absolute atomic E-state index is 0.0773. The first-order chi connectivity index (χ1) is 14.1. The molecule has 0 fully saturated rings. The molecule has 4 rings (SSSR count). The second-order valence-electron chi connectivity index (χ2n) is 7.62. The first-order valence-electron chi connectivity index (χ1n) is 10.3. The molecule has 0 radical (unpaired) electrons. The van der Waals surface area contributed by atoms with E-state index in [-0.39, 0.29) is 11.9 Å². The van der Waals surface area contributed by atoms with Gasteiger partial charge in [0, 0.05) is 47.8 Å². The molecule has 1 unspecified atom stereocenters. The Kier molecular flexibility index (Phi) is 5.56. The van der Waals surface area contributed by atoms with E-state index in [9.17, 15) is 4.79 Å². The molecule has 3 aromatic rings. The average molecular weight is 389 g/mol. The van der Waals surface area contributed by atoms with Crippen LogP contribution in [0.3, 0.4) is 0 Å². The van der Waals surface area contributed by atoms with Gasteiger partial charge in [-0.15, -0.1) is 0 Å². The molecule has 0 spiro atoms. The third-order valence-electron chi connectivity index (χ3n) is 5.65. The Morgan fingerprint density at radius 1 is 1.21 bits per heavy atom. The molecular formula is C24H28N4O. The van der Waals surface area contributed by atoms with Gasteiger partial charge < -0.3 is 20.9 Å². The second-order valence-corrected chi connectivity index (χ2v) is 7.62. The lowest BCUT2D eigenvalue weighted by atomic mass is 9.96. The Morgan fingerprint density at radius 2 is 2.00 bits per heavy atom. The van der Waals surface area contributed by atoms with Crippen molar-refractivity contribution >= 4 is 22.5 Å². The van der Waals surface area contributed by atoms with Crippen molar-refractivity contribution in [3.8, 4) is 0 Å². The Balaban J connectivity index is 1.42. The molecule has 1 amide bonds. The van der Waals surface area contributed by atoms with Crippen LogP contribution in [0.4, 0.5) is 5.69 Å². The lowest BCUT2D eigenvalue weighted by Crippen LogP contribution is -2.42. The molecule has 0 saturated heterocycles. The van der Waals surface area contributed by atoms with Crippen molar-refractivity contribution in [2.45, 2.75) is 38.8 Å². The third kappa shape index (κ3) is 4.29. The molecule has 29 heavy (non-hydrogen) atoms. The van der Waals surface area contributed by atoms with E-state index in [0.29, 0.717) is 12.2 Å². The topological polar surface area (TPSA) is 74.2 Å². The Bertz CT molecular complexity index is 986. The van der Waals surface area contributed by atoms with Crippen molar-refractivity contribution in [2.75, 3.05) is 12.3 Å². The van der Waals surface area contributed by atoms with Crippen LogP contribution < -0.4 is 11.1 Å². The Labute approximate surface area is 171 Å². The zero-order chi connectivity index (χ0) is 20.2. The molecule has 1 aromatic heterocycles. The van der Waals surface area contributed by atoms with Gasteiger partial charge in [0.25, 0.3) is 5.91 Å². The van der Waals surface area contributed by atoms with Gasteiger partial charge in [0.05, 0.1) is 0 Å². The number of nitrogens with one attached hydrogen (secondary N) is 2. The number of amides is 1. The Morgan fingerprint density at radius 3 is 2.76 bits per heavy atom. The average Bonchev–Trinajstić information content (AvgIpc) is 3.18. The minimum atomic E-state index is 0.0773. The normalized spacial score (nSPS) is 16.4. The summed E-state index contributed by atoms with van der Waals surface area (Å²) in [6, 6.07) is 18.1. The number of nitrogens with zero attached hydrogens (tertiary/aromatic N) is 1. The summed E-state index contributed by atoms with van der Waals surface area (Å²) in [6.07, 6.45) is 5.09. The SMILES string of the molecule is CCN(C(=O)c1cc2ccccc2[nH]1)C1CCC=C(NCc2ccc(N)cc2)C1. The summed E-state index contributed by atoms with van der Waals surface area (Å²) in [7, 11) is 0. The first-order valence-corrected chi connectivity index (χ1v) is 10.3. The van der Waals surface area contributed by atoms with E-state index in [2.05, 4.69) is 23.3 Å². The van der Waals surface area contributed by atoms with Gasteiger partial charge in [0.2, 0.25) is 0 Å². The van der Waals surface area contributed by atoms with Gasteiger partial charge in [0.1, 0.15) is 5.69 Å². The molecular weight excluding hydrogens is 360 g/mol. The zero-order valence-corrected chi connectivity index (χ0v) is 16.8. The number of rotatable bonds is 6. The van der Waals surface area contributed by atoms with Gasteiger partial charge >= 0.3 is 0 Å². The van der Waals surface area contributed by atoms with Crippen LogP contribution in [-0.2, 0) is 6.54 Å². The minimum Gasteiger partial charge on any atom is -0.399 e. The number of benzene rings is 2. The standard InChI is InChI=1S/C24H28N4O/c1-2-28(24(29)23-14-18-6-3-4-9-22(18)27-23)21-8-5-7-20(15-21)26-16-17-10-12-19(25)13-11-17/h3-4,6-7,9-14,21,26-27H,2,5,8,15-16,25H2,1H3. The number of fused-ring (bicyclic) bond motifs is 1. The lowest BCUT2D eigenvalue weighted by molar-refractivity contribution is 0.0669. The van der Waals surface area contributed by atoms with Crippen molar-refractivity contribution in [3.05, 3.63) is 77.6 Å². The zero-order valence-electron chi connectivity index (χ0n) is 16.8. The molecule has 150 valence electrons. The van der Waals surface area contributed by atoms with Crippen molar-refractivity contribution in [3.63, 3.8) is 0 Å². The summed E-state index contributed by atoms with van der Waals surface area (Å²) in [4.78, 5) is 18.5. The van der Waals surface area contributed by atoms with Gasteiger partial charge in [-0.25, -0.2) is 0 Å². The fourth-order valence-electron chi connectivity index (χ4n) is 4.06. The number of hydrogen-bond donors (Lipinski definition) is 3. The van der Waals surface area contributed by atoms with Crippen molar-refractivity contribution < 1.29 is 4.79 Å². The van der Waals surface area contributed by atoms with Crippen LogP contribution in [0.25, 0.3) is 10.9 Å². The maximum Gasteiger partial charge on any atom is 0.270 e. The van der Waals surface area contributed by atoms with Gasteiger partial charge in [0.15, 0.2) is 0 Å². The molecule has 4 N–H and O–H groups in total. The maximum atomic E-state index is 13.2. The molecule has 1 aliphatic carbocycles. The van der Waals surface area contributed by atoms with Crippen LogP contribution in [0.2, 0.25) is 0 Å². The van der Waals surface area contributed by atoms with E-state index in [1.165, 1.54) is 11.3 Å². The summed E-state index contributed by atoms with van der Waals surface area (Å²) in [6.45, 7) is 3.52. The van der Waals surface area contributed by atoms with E-state index in [1.54, 1.807) is 0 Å². The largest absolute Gasteiger partial charge is 0.399 e. The van der Waals surface area contributed by atoms with Crippen molar-refractivity contribution in [1.82, 2.24) is 15.2 Å². The number of para-hydroxylation sites is 1. The summed E-state index contributed by atoms with van der Waals surface area (Å²) < 4.78 is 0. The number of H-pyrrole nitrogens is 1. The molecule has 5 nitrogen and oxygen atoms in total. The van der Waals surface area contributed by atoms with Crippen LogP contribution in [0, 0.1) is 0 Å². The van der Waals surface area contributed by atoms with E-state index in [1.807, 2.05) is 59.5 Å². The van der Waals surface area contributed by atoms with Crippen molar-refractivity contribution in [1.29, 1.82) is 0 Å². The number of carbonyl (C=O) groups excluding carboxylic acids is 1. The van der Waals surface area contributed by atoms with E-state index < -0.39 is 0 Å². The highest BCUT2D eigenvalue weighted by molar-refractivity contribution is 5.98. The highest BCUT2D eigenvalue weighted by Crippen LogP contribution is 2.24. The predicted octanol–water partition coefficient (Wildman–Crippen LogP) is 4.44. The number of aromatic nitrogens is 1. The molecule has 0 aliphatic heterocycles. The summed E-state index contributed by atoms with van der Waals surface area (Å²) in [5.41, 5.74) is 10.6. The van der Waals surface area contributed by atoms with Gasteiger partial charge in [-0.2, -0.15) is 0 Å². The number of carbonyl (C=O) groups is 1. The van der Waals surface area contributed by atoms with Crippen LogP contribution in [-0.4, -0.2) is 28.4 Å². The predicted molar refractivity (Wildman–Crippen MR) is 118 cm³/mol. The number of nitrogens with two attached hydrogens (primary N) is 1. The van der Waals surface area contributed by atoms with Crippen molar-refractivity contribution in [2.24, 2.45) is 0 Å². The molecule has 1 atom stereocenters. The number of hydrogen-bond acceptors (Lipinski definition) is 3. The highest BCUT2D eigenvalue weighted by Gasteiger charge is 2.27. The highest BCUT2D eigenvalue weighted by atomic mass is 16.2.